The van der Waals surface area contributed by atoms with Crippen molar-refractivity contribution >= 4 is 11.9 Å². The number of rotatable bonds is 15. The van der Waals surface area contributed by atoms with Crippen LogP contribution in [0, 0.1) is 92.7 Å². The predicted molar refractivity (Wildman–Crippen MR) is 239 cm³/mol. The number of aliphatic hydroxyl groups excluding tert-OH is 6. The molecule has 6 N–H and O–H groups in total. The van der Waals surface area contributed by atoms with Gasteiger partial charge in [-0.1, -0.05) is 41.5 Å². The summed E-state index contributed by atoms with van der Waals surface area (Å²) in [6.07, 6.45) is 11.3. The first-order valence-electron chi connectivity index (χ1n) is 25.9. The second kappa shape index (κ2) is 19.2. The van der Waals surface area contributed by atoms with Gasteiger partial charge in [-0.05, 0) is 195 Å². The molecule has 0 radical (unpaired) electrons. The molecular weight excluding hydrogens is 817 g/mol. The lowest BCUT2D eigenvalue weighted by Gasteiger charge is -2.63. The van der Waals surface area contributed by atoms with Gasteiger partial charge in [0.15, 0.2) is 13.6 Å². The van der Waals surface area contributed by atoms with Crippen molar-refractivity contribution in [1.82, 2.24) is 0 Å². The fraction of sp³-hybridized carbons (Fsp3) is 0.962. The van der Waals surface area contributed by atoms with Crippen molar-refractivity contribution in [2.45, 2.75) is 194 Å². The number of esters is 2. The molecule has 8 saturated carbocycles. The Balaban J connectivity index is 0.698. The lowest BCUT2D eigenvalue weighted by Crippen LogP contribution is -2.62. The molecule has 2 unspecified atom stereocenters. The van der Waals surface area contributed by atoms with E-state index in [1.807, 2.05) is 0 Å². The summed E-state index contributed by atoms with van der Waals surface area (Å²) in [5, 5.41) is 67.7. The van der Waals surface area contributed by atoms with Crippen molar-refractivity contribution in [3.05, 3.63) is 0 Å². The zero-order valence-electron chi connectivity index (χ0n) is 40.1. The molecule has 0 aromatic carbocycles. The number of aliphatic hydroxyl groups is 6. The van der Waals surface area contributed by atoms with Crippen molar-refractivity contribution in [1.29, 1.82) is 0 Å². The summed E-state index contributed by atoms with van der Waals surface area (Å²) in [7, 11) is 0. The van der Waals surface area contributed by atoms with Gasteiger partial charge in [-0.25, -0.2) is 0 Å². The van der Waals surface area contributed by atoms with Gasteiger partial charge in [0, 0.05) is 12.8 Å². The highest BCUT2D eigenvalue weighted by atomic mass is 16.7. The maximum atomic E-state index is 12.7. The Bertz CT molecular complexity index is 1510. The fourth-order valence-corrected chi connectivity index (χ4v) is 18.0. The van der Waals surface area contributed by atoms with E-state index in [1.54, 1.807) is 0 Å². The van der Waals surface area contributed by atoms with Crippen LogP contribution in [0.2, 0.25) is 0 Å². The third-order valence-electron chi connectivity index (χ3n) is 21.6. The quantitative estimate of drug-likeness (QED) is 0.0575. The van der Waals surface area contributed by atoms with Gasteiger partial charge in [0.05, 0.1) is 49.8 Å². The number of fused-ring (bicyclic) bond motifs is 10. The minimum absolute atomic E-state index is 0.0408. The molecule has 0 heterocycles. The van der Waals surface area contributed by atoms with Crippen molar-refractivity contribution < 1.29 is 59.2 Å². The minimum atomic E-state index is -0.460. The maximum Gasteiger partial charge on any atom is 0.307 e. The van der Waals surface area contributed by atoms with Gasteiger partial charge >= 0.3 is 11.9 Å². The van der Waals surface area contributed by atoms with Crippen LogP contribution in [-0.2, 0) is 28.5 Å². The summed E-state index contributed by atoms with van der Waals surface area (Å²) < 4.78 is 21.7. The smallest absolute Gasteiger partial charge is 0.307 e. The average Bonchev–Trinajstić information content (AvgIpc) is 3.80. The lowest BCUT2D eigenvalue weighted by atomic mass is 9.43. The normalized spacial score (nSPS) is 49.2. The van der Waals surface area contributed by atoms with Crippen LogP contribution in [0.25, 0.3) is 0 Å². The van der Waals surface area contributed by atoms with Gasteiger partial charge < -0.3 is 49.6 Å². The summed E-state index contributed by atoms with van der Waals surface area (Å²) in [5.74, 6) is 2.16. The lowest BCUT2D eigenvalue weighted by molar-refractivity contribution is -0.207. The highest BCUT2D eigenvalue weighted by Crippen LogP contribution is 2.70. The van der Waals surface area contributed by atoms with Crippen LogP contribution in [0.4, 0.5) is 0 Å². The van der Waals surface area contributed by atoms with Gasteiger partial charge in [-0.15, -0.1) is 0 Å². The zero-order chi connectivity index (χ0) is 45.9. The van der Waals surface area contributed by atoms with E-state index >= 15 is 0 Å². The Morgan fingerprint density at radius 1 is 0.531 bits per heavy atom. The van der Waals surface area contributed by atoms with E-state index in [1.165, 1.54) is 0 Å². The molecule has 0 bridgehead atoms. The zero-order valence-corrected chi connectivity index (χ0v) is 40.1. The van der Waals surface area contributed by atoms with E-state index in [0.717, 1.165) is 77.0 Å². The summed E-state index contributed by atoms with van der Waals surface area (Å²) >= 11 is 0. The number of hydrogen-bond donors (Lipinski definition) is 6. The van der Waals surface area contributed by atoms with E-state index < -0.39 is 24.4 Å². The minimum Gasteiger partial charge on any atom is -0.438 e. The van der Waals surface area contributed by atoms with E-state index in [2.05, 4.69) is 41.5 Å². The molecule has 0 saturated heterocycles. The molecule has 0 aliphatic heterocycles. The van der Waals surface area contributed by atoms with Crippen LogP contribution in [0.5, 0.6) is 0 Å². The molecule has 0 aromatic heterocycles. The molecule has 64 heavy (non-hydrogen) atoms. The van der Waals surface area contributed by atoms with Crippen LogP contribution in [0.1, 0.15) is 157 Å². The molecular formula is C52H86O12. The standard InChI is InChI=1S/C52H86O12/c1-29(35-9-11-37-47-39(25-43(57)51(35,37)5)49(3)17-15-33(53)21-31(49)23-41(47)55)7-13-45(59)63-27-61-19-20-62-28-64-46(60)14-8-30(2)36-10-12-38-48-40(26-44(58)52(36,38)6)50(4)18-16-34(54)22-32(50)24-42(48)56/h29-44,47-48,53-58H,7-28H2,1-6H3/t29-,30-,31?,32?,33-,34-,35-,36-,37+,38+,39+,40+,41-,42-,43+,44+,47+,48+,49+,50+,51-,52-/m1/s1. The Morgan fingerprint density at radius 3 is 1.31 bits per heavy atom. The molecule has 8 aliphatic carbocycles. The van der Waals surface area contributed by atoms with E-state index in [4.69, 9.17) is 18.9 Å². The molecule has 366 valence electrons. The van der Waals surface area contributed by atoms with Gasteiger partial charge in [-0.2, -0.15) is 0 Å². The molecule has 0 spiro atoms. The third-order valence-corrected chi connectivity index (χ3v) is 21.6. The fourth-order valence-electron chi connectivity index (χ4n) is 18.0. The Hall–Kier alpha value is -1.38. The highest BCUT2D eigenvalue weighted by molar-refractivity contribution is 5.69. The topological polar surface area (TPSA) is 192 Å². The van der Waals surface area contributed by atoms with Gasteiger partial charge in [0.25, 0.3) is 0 Å². The number of hydrogen-bond acceptors (Lipinski definition) is 12. The van der Waals surface area contributed by atoms with Crippen molar-refractivity contribution in [3.8, 4) is 0 Å². The van der Waals surface area contributed by atoms with E-state index in [0.29, 0.717) is 37.5 Å². The highest BCUT2D eigenvalue weighted by Gasteiger charge is 2.67. The number of carbonyl (C=O) groups excluding carboxylic acids is 2. The second-order valence-electron chi connectivity index (χ2n) is 24.2. The second-order valence-corrected chi connectivity index (χ2v) is 24.2. The van der Waals surface area contributed by atoms with Crippen LogP contribution in [-0.4, -0.2) is 106 Å². The first-order chi connectivity index (χ1) is 30.3. The molecule has 12 heteroatoms. The number of carbonyl (C=O) groups is 2. The summed E-state index contributed by atoms with van der Waals surface area (Å²) in [6, 6.07) is 0. The van der Waals surface area contributed by atoms with Crippen LogP contribution in [0.15, 0.2) is 0 Å². The molecule has 8 rings (SSSR count). The van der Waals surface area contributed by atoms with Crippen LogP contribution >= 0.6 is 0 Å². The van der Waals surface area contributed by atoms with Crippen molar-refractivity contribution in [2.75, 3.05) is 26.8 Å². The molecule has 12 nitrogen and oxygen atoms in total. The largest absolute Gasteiger partial charge is 0.438 e. The van der Waals surface area contributed by atoms with E-state index in [9.17, 15) is 40.2 Å². The van der Waals surface area contributed by atoms with Gasteiger partial charge in [0.2, 0.25) is 0 Å². The van der Waals surface area contributed by atoms with E-state index in [-0.39, 0.29) is 145 Å². The Labute approximate surface area is 383 Å². The van der Waals surface area contributed by atoms with Crippen molar-refractivity contribution in [3.63, 3.8) is 0 Å². The maximum absolute atomic E-state index is 12.7. The predicted octanol–water partition coefficient (Wildman–Crippen LogP) is 6.78. The van der Waals surface area contributed by atoms with Crippen molar-refractivity contribution in [2.24, 2.45) is 92.7 Å². The molecule has 0 amide bonds. The molecule has 22 atom stereocenters. The first kappa shape index (κ1) is 49.1. The average molecular weight is 903 g/mol. The Morgan fingerprint density at radius 2 is 0.922 bits per heavy atom. The molecule has 8 fully saturated rings. The summed E-state index contributed by atoms with van der Waals surface area (Å²) in [4.78, 5) is 25.5. The van der Waals surface area contributed by atoms with Gasteiger partial charge in [-0.3, -0.25) is 9.59 Å². The SMILES string of the molecule is C[C@H](CCC(=O)OCOCCOCOC(=O)CC[C@@H](C)[C@H]1CC[C@H]2[C@@H]3[C@H](O)CC4C[C@H](O)CC[C@]4(C)[C@H]3C[C@H](O)[C@]12C)[C@H]1CC[C@H]2[C@@H]3[C@H](O)CC4C[C@H](O)CC[C@]4(C)[C@H]3C[C@H](O)[C@]12C. The molecule has 0 aromatic rings. The van der Waals surface area contributed by atoms with Crippen LogP contribution < -0.4 is 0 Å². The molecule has 8 aliphatic rings. The monoisotopic (exact) mass is 903 g/mol. The summed E-state index contributed by atoms with van der Waals surface area (Å²) in [6.45, 7) is 13.5. The number of ether oxygens (including phenoxy) is 4. The van der Waals surface area contributed by atoms with Crippen LogP contribution in [0.3, 0.4) is 0 Å². The third kappa shape index (κ3) is 8.67. The first-order valence-corrected chi connectivity index (χ1v) is 25.9. The van der Waals surface area contributed by atoms with Gasteiger partial charge in [0.1, 0.15) is 0 Å². The summed E-state index contributed by atoms with van der Waals surface area (Å²) in [5.41, 5.74) is -0.544. The Kier molecular flexibility index (Phi) is 14.7.